The Hall–Kier alpha value is -1.44. The molecule has 4 N–H and O–H groups in total. The van der Waals surface area contributed by atoms with Gasteiger partial charge in [-0.2, -0.15) is 0 Å². The molecule has 7 heteroatoms. The third-order valence-electron chi connectivity index (χ3n) is 2.51. The molecule has 6 nitrogen and oxygen atoms in total. The van der Waals surface area contributed by atoms with E-state index in [1.807, 2.05) is 13.0 Å². The number of hydrogen-bond donors (Lipinski definition) is 4. The van der Waals surface area contributed by atoms with E-state index in [1.54, 1.807) is 6.07 Å². The van der Waals surface area contributed by atoms with Gasteiger partial charge in [0.15, 0.2) is 0 Å². The molecule has 0 bridgehead atoms. The first-order chi connectivity index (χ1) is 8.90. The summed E-state index contributed by atoms with van der Waals surface area (Å²) in [6.45, 7) is 2.43. The first-order valence-electron chi connectivity index (χ1n) is 5.77. The maximum atomic E-state index is 11.7. The van der Waals surface area contributed by atoms with Crippen LogP contribution in [0.25, 0.3) is 0 Å². The summed E-state index contributed by atoms with van der Waals surface area (Å²) in [4.78, 5) is 24.8. The molecule has 0 aliphatic heterocycles. The van der Waals surface area contributed by atoms with Crippen molar-refractivity contribution in [3.63, 3.8) is 0 Å². The van der Waals surface area contributed by atoms with Crippen LogP contribution >= 0.6 is 11.3 Å². The zero-order valence-corrected chi connectivity index (χ0v) is 11.7. The summed E-state index contributed by atoms with van der Waals surface area (Å²) >= 11 is 1.35. The molecule has 0 radical (unpaired) electrons. The van der Waals surface area contributed by atoms with Crippen LogP contribution in [0.15, 0.2) is 12.1 Å². The summed E-state index contributed by atoms with van der Waals surface area (Å²) in [6.07, 6.45) is 0. The quantitative estimate of drug-likeness (QED) is 0.574. The van der Waals surface area contributed by atoms with E-state index in [4.69, 9.17) is 10.2 Å². The van der Waals surface area contributed by atoms with Gasteiger partial charge in [-0.15, -0.1) is 11.3 Å². The number of carbonyl (C=O) groups excluding carboxylic acids is 2. The van der Waals surface area contributed by atoms with Crippen LogP contribution in [-0.2, 0) is 4.79 Å². The third-order valence-corrected chi connectivity index (χ3v) is 3.51. The zero-order chi connectivity index (χ0) is 14.5. The molecule has 2 amide bonds. The molecule has 0 spiro atoms. The molecule has 0 unspecified atom stereocenters. The van der Waals surface area contributed by atoms with Crippen molar-refractivity contribution in [1.82, 2.24) is 10.6 Å². The Kier molecular flexibility index (Phi) is 5.46. The molecule has 1 aromatic rings. The van der Waals surface area contributed by atoms with Crippen LogP contribution in [0.3, 0.4) is 0 Å². The standard InChI is InChI=1S/C12H18N2O4S/c1-8-3-4-9(19-8)11(18)13-5-10(17)14-12(2,6-15)7-16/h3-4,15-16H,5-7H2,1-2H3,(H,13,18)(H,14,17). The summed E-state index contributed by atoms with van der Waals surface area (Å²) in [5.41, 5.74) is -1.08. The predicted molar refractivity (Wildman–Crippen MR) is 72.1 cm³/mol. The number of amides is 2. The van der Waals surface area contributed by atoms with E-state index < -0.39 is 11.4 Å². The summed E-state index contributed by atoms with van der Waals surface area (Å²) in [7, 11) is 0. The largest absolute Gasteiger partial charge is 0.394 e. The molecule has 1 rings (SSSR count). The van der Waals surface area contributed by atoms with Crippen molar-refractivity contribution in [1.29, 1.82) is 0 Å². The summed E-state index contributed by atoms with van der Waals surface area (Å²) in [5, 5.41) is 23.0. The Bertz CT molecular complexity index is 454. The molecular formula is C12H18N2O4S. The van der Waals surface area contributed by atoms with Gasteiger partial charge in [-0.05, 0) is 26.0 Å². The molecule has 0 aliphatic carbocycles. The molecule has 1 aromatic heterocycles. The second-order valence-electron chi connectivity index (χ2n) is 4.52. The lowest BCUT2D eigenvalue weighted by Crippen LogP contribution is -2.54. The number of aliphatic hydroxyl groups is 2. The molecule has 1 heterocycles. The highest BCUT2D eigenvalue weighted by Crippen LogP contribution is 2.14. The molecular weight excluding hydrogens is 268 g/mol. The Labute approximate surface area is 115 Å². The predicted octanol–water partition coefficient (Wildman–Crippen LogP) is -0.354. The van der Waals surface area contributed by atoms with Gasteiger partial charge in [-0.3, -0.25) is 9.59 Å². The average molecular weight is 286 g/mol. The van der Waals surface area contributed by atoms with E-state index in [9.17, 15) is 9.59 Å². The number of thiophene rings is 1. The van der Waals surface area contributed by atoms with Gasteiger partial charge in [0.1, 0.15) is 0 Å². The normalized spacial score (nSPS) is 11.2. The Morgan fingerprint density at radius 3 is 2.42 bits per heavy atom. The van der Waals surface area contributed by atoms with E-state index in [1.165, 1.54) is 18.3 Å². The second kappa shape index (κ2) is 6.65. The SMILES string of the molecule is Cc1ccc(C(=O)NCC(=O)NC(C)(CO)CO)s1. The van der Waals surface area contributed by atoms with Crippen LogP contribution in [0.4, 0.5) is 0 Å². The molecule has 0 aromatic carbocycles. The van der Waals surface area contributed by atoms with Gasteiger partial charge in [0.05, 0.1) is 30.2 Å². The van der Waals surface area contributed by atoms with Crippen LogP contribution in [0, 0.1) is 6.92 Å². The zero-order valence-electron chi connectivity index (χ0n) is 10.9. The number of aryl methyl sites for hydroxylation is 1. The molecule has 0 aliphatic rings. The fourth-order valence-electron chi connectivity index (χ4n) is 1.31. The molecule has 0 fully saturated rings. The van der Waals surface area contributed by atoms with Crippen molar-refractivity contribution < 1.29 is 19.8 Å². The highest BCUT2D eigenvalue weighted by atomic mass is 32.1. The van der Waals surface area contributed by atoms with Crippen LogP contribution < -0.4 is 10.6 Å². The molecule has 0 atom stereocenters. The van der Waals surface area contributed by atoms with Crippen molar-refractivity contribution >= 4 is 23.2 Å². The van der Waals surface area contributed by atoms with E-state index >= 15 is 0 Å². The molecule has 106 valence electrons. The van der Waals surface area contributed by atoms with Crippen LogP contribution in [0.1, 0.15) is 21.5 Å². The lowest BCUT2D eigenvalue weighted by atomic mass is 10.1. The van der Waals surface area contributed by atoms with Crippen molar-refractivity contribution in [3.05, 3.63) is 21.9 Å². The lowest BCUT2D eigenvalue weighted by Gasteiger charge is -2.26. The minimum absolute atomic E-state index is 0.203. The van der Waals surface area contributed by atoms with E-state index in [-0.39, 0.29) is 25.7 Å². The Morgan fingerprint density at radius 1 is 1.32 bits per heavy atom. The summed E-state index contributed by atoms with van der Waals surface area (Å²) in [5.74, 6) is -0.782. The molecule has 0 saturated heterocycles. The Balaban J connectivity index is 2.44. The maximum Gasteiger partial charge on any atom is 0.261 e. The maximum absolute atomic E-state index is 11.7. The minimum Gasteiger partial charge on any atom is -0.394 e. The van der Waals surface area contributed by atoms with Crippen LogP contribution in [-0.4, -0.2) is 47.3 Å². The van der Waals surface area contributed by atoms with Crippen LogP contribution in [0.2, 0.25) is 0 Å². The first-order valence-corrected chi connectivity index (χ1v) is 6.59. The summed E-state index contributed by atoms with van der Waals surface area (Å²) in [6, 6.07) is 3.52. The van der Waals surface area contributed by atoms with Gasteiger partial charge in [0.2, 0.25) is 5.91 Å². The van der Waals surface area contributed by atoms with Crippen LogP contribution in [0.5, 0.6) is 0 Å². The minimum atomic E-state index is -1.08. The summed E-state index contributed by atoms with van der Waals surface area (Å²) < 4.78 is 0. The number of carbonyl (C=O) groups is 2. The number of aliphatic hydroxyl groups excluding tert-OH is 2. The van der Waals surface area contributed by atoms with E-state index in [0.29, 0.717) is 4.88 Å². The Morgan fingerprint density at radius 2 is 1.95 bits per heavy atom. The van der Waals surface area contributed by atoms with E-state index in [0.717, 1.165) is 4.88 Å². The lowest BCUT2D eigenvalue weighted by molar-refractivity contribution is -0.123. The highest BCUT2D eigenvalue weighted by Gasteiger charge is 2.24. The third kappa shape index (κ3) is 4.62. The average Bonchev–Trinajstić information content (AvgIpc) is 2.82. The number of hydrogen-bond acceptors (Lipinski definition) is 5. The number of nitrogens with one attached hydrogen (secondary N) is 2. The van der Waals surface area contributed by atoms with Gasteiger partial charge < -0.3 is 20.8 Å². The number of rotatable bonds is 6. The van der Waals surface area contributed by atoms with Gasteiger partial charge in [0, 0.05) is 4.88 Å². The molecule has 0 saturated carbocycles. The van der Waals surface area contributed by atoms with Crippen molar-refractivity contribution in [2.24, 2.45) is 0 Å². The van der Waals surface area contributed by atoms with Crippen molar-refractivity contribution in [3.8, 4) is 0 Å². The van der Waals surface area contributed by atoms with E-state index in [2.05, 4.69) is 10.6 Å². The fourth-order valence-corrected chi connectivity index (χ4v) is 2.10. The smallest absolute Gasteiger partial charge is 0.261 e. The van der Waals surface area contributed by atoms with Gasteiger partial charge in [-0.25, -0.2) is 0 Å². The highest BCUT2D eigenvalue weighted by molar-refractivity contribution is 7.13. The monoisotopic (exact) mass is 286 g/mol. The van der Waals surface area contributed by atoms with Gasteiger partial charge in [0.25, 0.3) is 5.91 Å². The van der Waals surface area contributed by atoms with Gasteiger partial charge >= 0.3 is 0 Å². The molecule has 19 heavy (non-hydrogen) atoms. The van der Waals surface area contributed by atoms with Crippen molar-refractivity contribution in [2.75, 3.05) is 19.8 Å². The first kappa shape index (κ1) is 15.6. The van der Waals surface area contributed by atoms with Crippen molar-refractivity contribution in [2.45, 2.75) is 19.4 Å². The fraction of sp³-hybridized carbons (Fsp3) is 0.500. The second-order valence-corrected chi connectivity index (χ2v) is 5.81. The topological polar surface area (TPSA) is 98.7 Å². The van der Waals surface area contributed by atoms with Gasteiger partial charge in [-0.1, -0.05) is 0 Å².